The van der Waals surface area contributed by atoms with Gasteiger partial charge in [0.05, 0.1) is 19.1 Å². The Morgan fingerprint density at radius 3 is 2.27 bits per heavy atom. The smallest absolute Gasteiger partial charge is 0.387 e. The lowest BCUT2D eigenvalue weighted by Crippen LogP contribution is -2.42. The van der Waals surface area contributed by atoms with Crippen LogP contribution >= 0.6 is 0 Å². The van der Waals surface area contributed by atoms with Gasteiger partial charge in [-0.3, -0.25) is 4.79 Å². The first-order valence-electron chi connectivity index (χ1n) is 10.3. The summed E-state index contributed by atoms with van der Waals surface area (Å²) in [6.07, 6.45) is 0.777. The first-order valence-corrected chi connectivity index (χ1v) is 11.7. The SMILES string of the molecule is COc1ccc(S(=O)(=O)N2CCC(C(=O)NCc3ccc(OC(F)F)cc3)CC2)cc1OC. The molecule has 3 rings (SSSR count). The van der Waals surface area contributed by atoms with Crippen molar-refractivity contribution in [2.45, 2.75) is 30.9 Å². The Kier molecular flexibility index (Phi) is 8.09. The van der Waals surface area contributed by atoms with Crippen molar-refractivity contribution < 1.29 is 36.2 Å². The number of halogens is 2. The average molecular weight is 485 g/mol. The van der Waals surface area contributed by atoms with Gasteiger partial charge in [-0.25, -0.2) is 8.42 Å². The number of nitrogens with one attached hydrogen (secondary N) is 1. The molecule has 0 aliphatic carbocycles. The predicted molar refractivity (Wildman–Crippen MR) is 116 cm³/mol. The third kappa shape index (κ3) is 6.11. The Morgan fingerprint density at radius 1 is 1.06 bits per heavy atom. The largest absolute Gasteiger partial charge is 0.493 e. The lowest BCUT2D eigenvalue weighted by Gasteiger charge is -2.30. The number of nitrogens with zero attached hydrogens (tertiary/aromatic N) is 1. The maximum absolute atomic E-state index is 13.0. The molecular formula is C22H26F2N2O6S. The second kappa shape index (κ2) is 10.8. The molecule has 0 aromatic heterocycles. The number of ether oxygens (including phenoxy) is 3. The number of amides is 1. The van der Waals surface area contributed by atoms with Crippen molar-refractivity contribution in [1.29, 1.82) is 0 Å². The first-order chi connectivity index (χ1) is 15.7. The Hall–Kier alpha value is -2.92. The Bertz CT molecular complexity index is 1060. The molecule has 0 spiro atoms. The molecule has 0 saturated carbocycles. The molecule has 1 N–H and O–H groups in total. The van der Waals surface area contributed by atoms with Gasteiger partial charge >= 0.3 is 6.61 Å². The number of rotatable bonds is 9. The summed E-state index contributed by atoms with van der Waals surface area (Å²) < 4.78 is 66.4. The molecule has 2 aromatic carbocycles. The van der Waals surface area contributed by atoms with Crippen molar-refractivity contribution in [3.63, 3.8) is 0 Å². The molecule has 33 heavy (non-hydrogen) atoms. The summed E-state index contributed by atoms with van der Waals surface area (Å²) in [5, 5.41) is 2.82. The molecule has 1 amide bonds. The van der Waals surface area contributed by atoms with Gasteiger partial charge in [0.25, 0.3) is 0 Å². The van der Waals surface area contributed by atoms with Crippen LogP contribution in [-0.4, -0.2) is 52.6 Å². The molecule has 8 nitrogen and oxygen atoms in total. The number of hydrogen-bond donors (Lipinski definition) is 1. The lowest BCUT2D eigenvalue weighted by atomic mass is 9.97. The van der Waals surface area contributed by atoms with Gasteiger partial charge in [-0.05, 0) is 42.7 Å². The summed E-state index contributed by atoms with van der Waals surface area (Å²) in [6, 6.07) is 10.4. The molecule has 2 aromatic rings. The van der Waals surface area contributed by atoms with Crippen LogP contribution in [-0.2, 0) is 21.4 Å². The van der Waals surface area contributed by atoms with E-state index >= 15 is 0 Å². The van der Waals surface area contributed by atoms with Gasteiger partial charge in [-0.15, -0.1) is 0 Å². The van der Waals surface area contributed by atoms with Crippen LogP contribution in [0.2, 0.25) is 0 Å². The number of carbonyl (C=O) groups excluding carboxylic acids is 1. The highest BCUT2D eigenvalue weighted by Gasteiger charge is 2.32. The molecule has 1 fully saturated rings. The maximum Gasteiger partial charge on any atom is 0.387 e. The van der Waals surface area contributed by atoms with Crippen LogP contribution in [0.1, 0.15) is 18.4 Å². The minimum atomic E-state index is -3.74. The number of carbonyl (C=O) groups is 1. The predicted octanol–water partition coefficient (Wildman–Crippen LogP) is 3.02. The third-order valence-corrected chi connectivity index (χ3v) is 7.33. The Morgan fingerprint density at radius 2 is 1.70 bits per heavy atom. The number of alkyl halides is 2. The molecular weight excluding hydrogens is 458 g/mol. The molecule has 0 bridgehead atoms. The summed E-state index contributed by atoms with van der Waals surface area (Å²) in [5.74, 6) is 0.308. The van der Waals surface area contributed by atoms with Crippen LogP contribution in [0, 0.1) is 5.92 Å². The summed E-state index contributed by atoms with van der Waals surface area (Å²) in [6.45, 7) is -2.22. The molecule has 11 heteroatoms. The van der Waals surface area contributed by atoms with E-state index in [1.165, 1.54) is 48.9 Å². The number of piperidine rings is 1. The summed E-state index contributed by atoms with van der Waals surface area (Å²) in [4.78, 5) is 12.6. The van der Waals surface area contributed by atoms with Crippen molar-refractivity contribution in [1.82, 2.24) is 9.62 Å². The zero-order valence-corrected chi connectivity index (χ0v) is 19.1. The molecule has 0 radical (unpaired) electrons. The fraction of sp³-hybridized carbons (Fsp3) is 0.409. The van der Waals surface area contributed by atoms with Gasteiger partial charge in [0, 0.05) is 31.6 Å². The second-order valence-corrected chi connectivity index (χ2v) is 9.37. The molecule has 1 aliphatic rings. The lowest BCUT2D eigenvalue weighted by molar-refractivity contribution is -0.126. The van der Waals surface area contributed by atoms with Crippen LogP contribution in [0.3, 0.4) is 0 Å². The van der Waals surface area contributed by atoms with Crippen LogP contribution in [0.15, 0.2) is 47.4 Å². The second-order valence-electron chi connectivity index (χ2n) is 7.44. The Labute approximate surface area is 191 Å². The van der Waals surface area contributed by atoms with Gasteiger partial charge < -0.3 is 19.5 Å². The number of benzene rings is 2. The van der Waals surface area contributed by atoms with Gasteiger partial charge in [-0.2, -0.15) is 13.1 Å². The van der Waals surface area contributed by atoms with Gasteiger partial charge in [-0.1, -0.05) is 12.1 Å². The monoisotopic (exact) mass is 484 g/mol. The minimum Gasteiger partial charge on any atom is -0.493 e. The molecule has 1 saturated heterocycles. The Balaban J connectivity index is 1.54. The fourth-order valence-corrected chi connectivity index (χ4v) is 5.09. The third-order valence-electron chi connectivity index (χ3n) is 5.43. The first kappa shape index (κ1) is 24.7. The number of sulfonamides is 1. The van der Waals surface area contributed by atoms with Gasteiger partial charge in [0.1, 0.15) is 5.75 Å². The van der Waals surface area contributed by atoms with Crippen molar-refractivity contribution in [3.8, 4) is 17.2 Å². The molecule has 0 atom stereocenters. The van der Waals surface area contributed by atoms with Crippen LogP contribution < -0.4 is 19.5 Å². The molecule has 1 aliphatic heterocycles. The van der Waals surface area contributed by atoms with E-state index in [2.05, 4.69) is 10.1 Å². The van der Waals surface area contributed by atoms with Crippen LogP contribution in [0.5, 0.6) is 17.2 Å². The highest BCUT2D eigenvalue weighted by molar-refractivity contribution is 7.89. The highest BCUT2D eigenvalue weighted by atomic mass is 32.2. The van der Waals surface area contributed by atoms with E-state index in [9.17, 15) is 22.0 Å². The average Bonchev–Trinajstić information content (AvgIpc) is 2.82. The maximum atomic E-state index is 13.0. The fourth-order valence-electron chi connectivity index (χ4n) is 3.61. The standard InChI is InChI=1S/C22H26F2N2O6S/c1-30-19-8-7-18(13-20(19)31-2)33(28,29)26-11-9-16(10-12-26)21(27)25-14-15-3-5-17(6-4-15)32-22(23)24/h3-8,13,16,22H,9-12,14H2,1-2H3,(H,25,27). The molecule has 0 unspecified atom stereocenters. The van der Waals surface area contributed by atoms with Crippen molar-refractivity contribution in [2.24, 2.45) is 5.92 Å². The normalized spacial score (nSPS) is 15.3. The van der Waals surface area contributed by atoms with Gasteiger partial charge in [0.2, 0.25) is 15.9 Å². The van der Waals surface area contributed by atoms with E-state index in [4.69, 9.17) is 9.47 Å². The van der Waals surface area contributed by atoms with Crippen LogP contribution in [0.4, 0.5) is 8.78 Å². The quantitative estimate of drug-likeness (QED) is 0.588. The van der Waals surface area contributed by atoms with E-state index in [0.717, 1.165) is 5.56 Å². The summed E-state index contributed by atoms with van der Waals surface area (Å²) in [7, 11) is -0.831. The number of methoxy groups -OCH3 is 2. The molecule has 180 valence electrons. The number of hydrogen-bond acceptors (Lipinski definition) is 6. The van der Waals surface area contributed by atoms with Crippen molar-refractivity contribution in [3.05, 3.63) is 48.0 Å². The van der Waals surface area contributed by atoms with E-state index in [1.807, 2.05) is 0 Å². The van der Waals surface area contributed by atoms with E-state index in [-0.39, 0.29) is 42.1 Å². The summed E-state index contributed by atoms with van der Waals surface area (Å²) in [5.41, 5.74) is 0.735. The van der Waals surface area contributed by atoms with Crippen molar-refractivity contribution >= 4 is 15.9 Å². The van der Waals surface area contributed by atoms with E-state index in [0.29, 0.717) is 24.3 Å². The minimum absolute atomic E-state index is 0.0446. The molecule has 1 heterocycles. The zero-order chi connectivity index (χ0) is 24.0. The van der Waals surface area contributed by atoms with E-state index in [1.54, 1.807) is 12.1 Å². The van der Waals surface area contributed by atoms with Crippen molar-refractivity contribution in [2.75, 3.05) is 27.3 Å². The highest BCUT2D eigenvalue weighted by Crippen LogP contribution is 2.32. The topological polar surface area (TPSA) is 94.2 Å². The van der Waals surface area contributed by atoms with E-state index < -0.39 is 16.6 Å². The van der Waals surface area contributed by atoms with Crippen LogP contribution in [0.25, 0.3) is 0 Å². The van der Waals surface area contributed by atoms with Gasteiger partial charge in [0.15, 0.2) is 11.5 Å². The summed E-state index contributed by atoms with van der Waals surface area (Å²) >= 11 is 0. The zero-order valence-electron chi connectivity index (χ0n) is 18.3.